The summed E-state index contributed by atoms with van der Waals surface area (Å²) in [6.07, 6.45) is 1.95. The maximum atomic E-state index is 14.2. The van der Waals surface area contributed by atoms with E-state index in [0.717, 1.165) is 32.7 Å². The highest BCUT2D eigenvalue weighted by atomic mass is 16.2. The van der Waals surface area contributed by atoms with Gasteiger partial charge in [0, 0.05) is 45.1 Å². The standard InChI is InChI=1S/C37H45N7O3/c1-24-22-44(35(46)33(38)20-26-13-15-28-8-3-5-10-30(28)18-26)32(12-7-17-41-37(39)40)23-43(24)36(47)34(42-25(2)45)21-27-14-16-29-9-4-6-11-31(29)19-27/h3-6,8-11,13-16,18-19,24,32-34H,7,12,17,20-23,38H2,1-2H3,(H,42,45)(H4,39,40,41)/t24-,32+,33-,34-/m1/s1. The van der Waals surface area contributed by atoms with Gasteiger partial charge in [-0.05, 0) is 58.9 Å². The van der Waals surface area contributed by atoms with Gasteiger partial charge >= 0.3 is 0 Å². The number of nitrogens with one attached hydrogen (secondary N) is 1. The molecule has 0 spiro atoms. The first-order chi connectivity index (χ1) is 22.6. The Morgan fingerprint density at radius 3 is 1.96 bits per heavy atom. The van der Waals surface area contributed by atoms with Crippen LogP contribution in [0.2, 0.25) is 0 Å². The van der Waals surface area contributed by atoms with Crippen LogP contribution in [0.3, 0.4) is 0 Å². The first kappa shape index (κ1) is 33.4. The van der Waals surface area contributed by atoms with Crippen LogP contribution < -0.4 is 22.5 Å². The summed E-state index contributed by atoms with van der Waals surface area (Å²) in [4.78, 5) is 48.1. The lowest BCUT2D eigenvalue weighted by Gasteiger charge is -2.47. The van der Waals surface area contributed by atoms with Gasteiger partial charge in [0.1, 0.15) is 6.04 Å². The maximum Gasteiger partial charge on any atom is 0.245 e. The third-order valence-corrected chi connectivity index (χ3v) is 8.91. The van der Waals surface area contributed by atoms with E-state index in [2.05, 4.69) is 28.5 Å². The number of fused-ring (bicyclic) bond motifs is 2. The van der Waals surface area contributed by atoms with Gasteiger partial charge in [-0.3, -0.25) is 19.4 Å². The van der Waals surface area contributed by atoms with E-state index in [4.69, 9.17) is 17.2 Å². The van der Waals surface area contributed by atoms with Crippen LogP contribution in [0.25, 0.3) is 21.5 Å². The molecule has 47 heavy (non-hydrogen) atoms. The highest BCUT2D eigenvalue weighted by Crippen LogP contribution is 2.24. The van der Waals surface area contributed by atoms with E-state index in [9.17, 15) is 14.4 Å². The second-order valence-electron chi connectivity index (χ2n) is 12.6. The minimum atomic E-state index is -0.754. The molecular formula is C37H45N7O3. The van der Waals surface area contributed by atoms with Gasteiger partial charge in [-0.2, -0.15) is 0 Å². The van der Waals surface area contributed by atoms with Crippen molar-refractivity contribution < 1.29 is 14.4 Å². The van der Waals surface area contributed by atoms with Gasteiger partial charge in [0.25, 0.3) is 0 Å². The number of amides is 3. The van der Waals surface area contributed by atoms with Gasteiger partial charge in [-0.15, -0.1) is 0 Å². The number of hydrogen-bond donors (Lipinski definition) is 4. The molecule has 4 aromatic carbocycles. The Hall–Kier alpha value is -4.96. The Labute approximate surface area is 276 Å². The molecule has 0 bridgehead atoms. The van der Waals surface area contributed by atoms with Gasteiger partial charge in [-0.25, -0.2) is 0 Å². The van der Waals surface area contributed by atoms with Gasteiger partial charge in [0.15, 0.2) is 5.96 Å². The summed E-state index contributed by atoms with van der Waals surface area (Å²) in [5.74, 6) is -0.600. The van der Waals surface area contributed by atoms with E-state index >= 15 is 0 Å². The fourth-order valence-electron chi connectivity index (χ4n) is 6.56. The Morgan fingerprint density at radius 1 is 0.809 bits per heavy atom. The van der Waals surface area contributed by atoms with Crippen molar-refractivity contribution in [3.05, 3.63) is 96.1 Å². The molecule has 246 valence electrons. The number of piperazine rings is 1. The highest BCUT2D eigenvalue weighted by Gasteiger charge is 2.39. The second kappa shape index (κ2) is 15.1. The quantitative estimate of drug-likeness (QED) is 0.113. The SMILES string of the molecule is CC(=O)N[C@H](Cc1ccc2ccccc2c1)C(=O)N1C[C@H](CCCN=C(N)N)N(C(=O)[C@H](N)Cc2ccc3ccccc3c2)C[C@H]1C. The largest absolute Gasteiger partial charge is 0.370 e. The number of aliphatic imine (C=N–C) groups is 1. The molecule has 1 saturated heterocycles. The van der Waals surface area contributed by atoms with Crippen molar-refractivity contribution in [2.24, 2.45) is 22.2 Å². The van der Waals surface area contributed by atoms with Crippen molar-refractivity contribution in [3.8, 4) is 0 Å². The molecule has 4 atom stereocenters. The molecule has 4 aromatic rings. The van der Waals surface area contributed by atoms with E-state index in [1.54, 1.807) is 4.90 Å². The fraction of sp³-hybridized carbons (Fsp3) is 0.351. The number of hydrogen-bond acceptors (Lipinski definition) is 5. The topological polar surface area (TPSA) is 160 Å². The summed E-state index contributed by atoms with van der Waals surface area (Å²) in [5, 5.41) is 7.29. The molecule has 0 radical (unpaired) electrons. The monoisotopic (exact) mass is 635 g/mol. The molecule has 7 N–H and O–H groups in total. The molecule has 0 aromatic heterocycles. The van der Waals surface area contributed by atoms with Crippen molar-refractivity contribution in [2.45, 2.75) is 63.7 Å². The lowest BCUT2D eigenvalue weighted by molar-refractivity contribution is -0.149. The predicted octanol–water partition coefficient (Wildman–Crippen LogP) is 3.09. The number of carbonyl (C=O) groups is 3. The van der Waals surface area contributed by atoms with Crippen molar-refractivity contribution in [1.82, 2.24) is 15.1 Å². The number of benzene rings is 4. The van der Waals surface area contributed by atoms with Gasteiger partial charge in [0.2, 0.25) is 17.7 Å². The first-order valence-electron chi connectivity index (χ1n) is 16.2. The molecule has 5 rings (SSSR count). The zero-order valence-corrected chi connectivity index (χ0v) is 27.1. The summed E-state index contributed by atoms with van der Waals surface area (Å²) < 4.78 is 0. The highest BCUT2D eigenvalue weighted by molar-refractivity contribution is 5.89. The number of nitrogens with zero attached hydrogens (tertiary/aromatic N) is 3. The van der Waals surface area contributed by atoms with Crippen LogP contribution >= 0.6 is 0 Å². The van der Waals surface area contributed by atoms with Crippen LogP contribution in [0.4, 0.5) is 0 Å². The third kappa shape index (κ3) is 8.45. The van der Waals surface area contributed by atoms with Crippen LogP contribution in [0, 0.1) is 0 Å². The molecule has 10 nitrogen and oxygen atoms in total. The van der Waals surface area contributed by atoms with Crippen molar-refractivity contribution in [2.75, 3.05) is 19.6 Å². The van der Waals surface area contributed by atoms with Crippen LogP contribution in [0.5, 0.6) is 0 Å². The van der Waals surface area contributed by atoms with E-state index in [0.29, 0.717) is 45.3 Å². The predicted molar refractivity (Wildman–Crippen MR) is 187 cm³/mol. The van der Waals surface area contributed by atoms with E-state index in [1.807, 2.05) is 78.6 Å². The molecule has 1 aliphatic heterocycles. The number of rotatable bonds is 11. The normalized spacial score (nSPS) is 17.7. The molecule has 0 saturated carbocycles. The Balaban J connectivity index is 1.34. The number of guanidine groups is 1. The van der Waals surface area contributed by atoms with Crippen molar-refractivity contribution in [1.29, 1.82) is 0 Å². The minimum Gasteiger partial charge on any atom is -0.370 e. The number of carbonyl (C=O) groups excluding carboxylic acids is 3. The molecular weight excluding hydrogens is 590 g/mol. The van der Waals surface area contributed by atoms with E-state index < -0.39 is 12.1 Å². The molecule has 1 aliphatic rings. The zero-order chi connectivity index (χ0) is 33.5. The van der Waals surface area contributed by atoms with E-state index in [-0.39, 0.29) is 35.8 Å². The van der Waals surface area contributed by atoms with E-state index in [1.165, 1.54) is 6.92 Å². The second-order valence-corrected chi connectivity index (χ2v) is 12.6. The smallest absolute Gasteiger partial charge is 0.245 e. The lowest BCUT2D eigenvalue weighted by Crippen LogP contribution is -2.65. The Morgan fingerprint density at radius 2 is 1.38 bits per heavy atom. The average molecular weight is 636 g/mol. The summed E-state index contributed by atoms with van der Waals surface area (Å²) in [6.45, 7) is 4.40. The van der Waals surface area contributed by atoms with Gasteiger partial charge in [0.05, 0.1) is 6.04 Å². The molecule has 10 heteroatoms. The minimum absolute atomic E-state index is 0.0104. The Kier molecular flexibility index (Phi) is 10.7. The average Bonchev–Trinajstić information content (AvgIpc) is 3.05. The number of nitrogens with two attached hydrogens (primary N) is 3. The molecule has 3 amide bonds. The van der Waals surface area contributed by atoms with Gasteiger partial charge < -0.3 is 32.3 Å². The van der Waals surface area contributed by atoms with Crippen LogP contribution in [0.15, 0.2) is 89.9 Å². The van der Waals surface area contributed by atoms with Crippen LogP contribution in [-0.4, -0.2) is 77.3 Å². The first-order valence-corrected chi connectivity index (χ1v) is 16.2. The third-order valence-electron chi connectivity index (χ3n) is 8.91. The summed E-state index contributed by atoms with van der Waals surface area (Å²) in [5.41, 5.74) is 19.6. The maximum absolute atomic E-state index is 14.2. The lowest BCUT2D eigenvalue weighted by atomic mass is 9.96. The van der Waals surface area contributed by atoms with Gasteiger partial charge in [-0.1, -0.05) is 84.9 Å². The van der Waals surface area contributed by atoms with Crippen molar-refractivity contribution >= 4 is 45.2 Å². The zero-order valence-electron chi connectivity index (χ0n) is 27.1. The van der Waals surface area contributed by atoms with Crippen LogP contribution in [-0.2, 0) is 27.2 Å². The molecule has 1 fully saturated rings. The summed E-state index contributed by atoms with van der Waals surface area (Å²) in [7, 11) is 0. The molecule has 0 aliphatic carbocycles. The Bertz CT molecular complexity index is 1770. The summed E-state index contributed by atoms with van der Waals surface area (Å²) >= 11 is 0. The fourth-order valence-corrected chi connectivity index (χ4v) is 6.56. The summed E-state index contributed by atoms with van der Waals surface area (Å²) in [6, 6.07) is 26.3. The molecule has 0 unspecified atom stereocenters. The van der Waals surface area contributed by atoms with Crippen LogP contribution in [0.1, 0.15) is 37.8 Å². The van der Waals surface area contributed by atoms with Crippen molar-refractivity contribution in [3.63, 3.8) is 0 Å². The molecule has 1 heterocycles.